The highest BCUT2D eigenvalue weighted by Crippen LogP contribution is 2.27. The number of hydrogen-bond donors (Lipinski definition) is 1. The molecule has 1 saturated heterocycles. The summed E-state index contributed by atoms with van der Waals surface area (Å²) in [5.41, 5.74) is 2.59. The van der Waals surface area contributed by atoms with Crippen LogP contribution < -0.4 is 10.1 Å². The van der Waals surface area contributed by atoms with Crippen LogP contribution in [-0.4, -0.2) is 19.2 Å². The summed E-state index contributed by atoms with van der Waals surface area (Å²) in [5, 5.41) is 3.57. The number of nitrogens with one attached hydrogen (secondary N) is 1. The van der Waals surface area contributed by atoms with Crippen molar-refractivity contribution >= 4 is 0 Å². The first-order chi connectivity index (χ1) is 9.16. The number of ether oxygens (including phenoxy) is 1. The summed E-state index contributed by atoms with van der Waals surface area (Å²) in [6.45, 7) is 8.56. The van der Waals surface area contributed by atoms with Gasteiger partial charge >= 0.3 is 0 Å². The SMILES string of the molecule is Cc1ccc(C(C)C)c(OCC[C@H]2CCCCN2)c1. The quantitative estimate of drug-likeness (QED) is 0.864. The summed E-state index contributed by atoms with van der Waals surface area (Å²) in [7, 11) is 0. The monoisotopic (exact) mass is 261 g/mol. The van der Waals surface area contributed by atoms with Gasteiger partial charge in [0.15, 0.2) is 0 Å². The van der Waals surface area contributed by atoms with Gasteiger partial charge in [-0.15, -0.1) is 0 Å². The first kappa shape index (κ1) is 14.4. The number of hydrogen-bond acceptors (Lipinski definition) is 2. The topological polar surface area (TPSA) is 21.3 Å². The molecule has 0 radical (unpaired) electrons. The van der Waals surface area contributed by atoms with Crippen LogP contribution in [0.2, 0.25) is 0 Å². The maximum atomic E-state index is 6.04. The van der Waals surface area contributed by atoms with Gasteiger partial charge in [0.25, 0.3) is 0 Å². The fourth-order valence-electron chi connectivity index (χ4n) is 2.73. The molecule has 19 heavy (non-hydrogen) atoms. The third kappa shape index (κ3) is 4.24. The highest BCUT2D eigenvalue weighted by molar-refractivity contribution is 5.39. The van der Waals surface area contributed by atoms with Crippen molar-refractivity contribution in [1.82, 2.24) is 5.32 Å². The average Bonchev–Trinajstić information content (AvgIpc) is 2.39. The van der Waals surface area contributed by atoms with Crippen LogP contribution in [0.25, 0.3) is 0 Å². The Morgan fingerprint density at radius 3 is 2.84 bits per heavy atom. The molecule has 1 aromatic rings. The molecule has 0 unspecified atom stereocenters. The maximum Gasteiger partial charge on any atom is 0.123 e. The molecule has 1 aliphatic rings. The van der Waals surface area contributed by atoms with Crippen molar-refractivity contribution in [2.45, 2.75) is 58.4 Å². The first-order valence-corrected chi connectivity index (χ1v) is 7.63. The molecule has 0 aromatic heterocycles. The number of rotatable bonds is 5. The van der Waals surface area contributed by atoms with Crippen molar-refractivity contribution < 1.29 is 4.74 Å². The van der Waals surface area contributed by atoms with E-state index in [-0.39, 0.29) is 0 Å². The minimum absolute atomic E-state index is 0.517. The number of aryl methyl sites for hydroxylation is 1. The lowest BCUT2D eigenvalue weighted by molar-refractivity contribution is 0.265. The van der Waals surface area contributed by atoms with E-state index in [0.29, 0.717) is 12.0 Å². The molecule has 1 aromatic carbocycles. The molecule has 1 N–H and O–H groups in total. The van der Waals surface area contributed by atoms with Gasteiger partial charge in [-0.25, -0.2) is 0 Å². The van der Waals surface area contributed by atoms with E-state index in [0.717, 1.165) is 18.8 Å². The summed E-state index contributed by atoms with van der Waals surface area (Å²) >= 11 is 0. The maximum absolute atomic E-state index is 6.04. The first-order valence-electron chi connectivity index (χ1n) is 7.63. The molecular weight excluding hydrogens is 234 g/mol. The molecular formula is C17H27NO. The molecule has 106 valence electrons. The van der Waals surface area contributed by atoms with Crippen LogP contribution in [-0.2, 0) is 0 Å². The second kappa shape index (κ2) is 6.95. The van der Waals surface area contributed by atoms with Crippen LogP contribution in [0.1, 0.15) is 56.6 Å². The van der Waals surface area contributed by atoms with Crippen molar-refractivity contribution in [3.8, 4) is 5.75 Å². The standard InChI is InChI=1S/C17H27NO/c1-13(2)16-8-7-14(3)12-17(16)19-11-9-15-6-4-5-10-18-15/h7-8,12-13,15,18H,4-6,9-11H2,1-3H3/t15-/m1/s1. The van der Waals surface area contributed by atoms with Gasteiger partial charge in [0.1, 0.15) is 5.75 Å². The van der Waals surface area contributed by atoms with Crippen LogP contribution in [0.3, 0.4) is 0 Å². The number of piperidine rings is 1. The summed E-state index contributed by atoms with van der Waals surface area (Å²) in [5.74, 6) is 1.59. The third-order valence-corrected chi connectivity index (χ3v) is 3.93. The Labute approximate surface area is 117 Å². The zero-order valence-electron chi connectivity index (χ0n) is 12.5. The van der Waals surface area contributed by atoms with Gasteiger partial charge in [-0.3, -0.25) is 0 Å². The van der Waals surface area contributed by atoms with Crippen LogP contribution in [0.5, 0.6) is 5.75 Å². The fourth-order valence-corrected chi connectivity index (χ4v) is 2.73. The van der Waals surface area contributed by atoms with Crippen molar-refractivity contribution in [3.63, 3.8) is 0 Å². The molecule has 0 saturated carbocycles. The van der Waals surface area contributed by atoms with Gasteiger partial charge in [-0.1, -0.05) is 32.4 Å². The molecule has 0 bridgehead atoms. The molecule has 0 aliphatic carbocycles. The average molecular weight is 261 g/mol. The van der Waals surface area contributed by atoms with E-state index in [9.17, 15) is 0 Å². The lowest BCUT2D eigenvalue weighted by atomic mass is 10.0. The third-order valence-electron chi connectivity index (χ3n) is 3.93. The van der Waals surface area contributed by atoms with Gasteiger partial charge < -0.3 is 10.1 Å². The number of benzene rings is 1. The summed E-state index contributed by atoms with van der Waals surface area (Å²) in [4.78, 5) is 0. The highest BCUT2D eigenvalue weighted by Gasteiger charge is 2.13. The molecule has 2 nitrogen and oxygen atoms in total. The lowest BCUT2D eigenvalue weighted by Crippen LogP contribution is -2.35. The second-order valence-electron chi connectivity index (χ2n) is 5.98. The largest absolute Gasteiger partial charge is 0.493 e. The molecule has 0 spiro atoms. The van der Waals surface area contributed by atoms with Gasteiger partial charge in [0.2, 0.25) is 0 Å². The van der Waals surface area contributed by atoms with Crippen LogP contribution >= 0.6 is 0 Å². The molecule has 1 heterocycles. The van der Waals surface area contributed by atoms with Gasteiger partial charge in [-0.2, -0.15) is 0 Å². The molecule has 0 amide bonds. The Hall–Kier alpha value is -1.02. The predicted molar refractivity (Wildman–Crippen MR) is 81.0 cm³/mol. The van der Waals surface area contributed by atoms with Crippen molar-refractivity contribution in [1.29, 1.82) is 0 Å². The van der Waals surface area contributed by atoms with Gasteiger partial charge in [0, 0.05) is 6.04 Å². The summed E-state index contributed by atoms with van der Waals surface area (Å²) < 4.78 is 6.04. The second-order valence-corrected chi connectivity index (χ2v) is 5.98. The van der Waals surface area contributed by atoms with Crippen molar-refractivity contribution in [2.24, 2.45) is 0 Å². The van der Waals surface area contributed by atoms with Crippen molar-refractivity contribution in [2.75, 3.05) is 13.2 Å². The zero-order chi connectivity index (χ0) is 13.7. The minimum atomic E-state index is 0.517. The highest BCUT2D eigenvalue weighted by atomic mass is 16.5. The molecule has 1 atom stereocenters. The minimum Gasteiger partial charge on any atom is -0.493 e. The summed E-state index contributed by atoms with van der Waals surface area (Å²) in [6, 6.07) is 7.20. The summed E-state index contributed by atoms with van der Waals surface area (Å²) in [6.07, 6.45) is 5.10. The van der Waals surface area contributed by atoms with Crippen LogP contribution in [0.15, 0.2) is 18.2 Å². The van der Waals surface area contributed by atoms with E-state index >= 15 is 0 Å². The molecule has 2 heteroatoms. The Morgan fingerprint density at radius 2 is 2.16 bits per heavy atom. The predicted octanol–water partition coefficient (Wildman–Crippen LogP) is 4.03. The Morgan fingerprint density at radius 1 is 1.32 bits per heavy atom. The Bertz CT molecular complexity index is 394. The van der Waals surface area contributed by atoms with Crippen molar-refractivity contribution in [3.05, 3.63) is 29.3 Å². The Kier molecular flexibility index (Phi) is 5.26. The normalized spacial score (nSPS) is 19.7. The van der Waals surface area contributed by atoms with Gasteiger partial charge in [0.05, 0.1) is 6.61 Å². The smallest absolute Gasteiger partial charge is 0.123 e. The molecule has 2 rings (SSSR count). The van der Waals surface area contributed by atoms with E-state index in [4.69, 9.17) is 4.74 Å². The van der Waals surface area contributed by atoms with E-state index in [1.54, 1.807) is 0 Å². The van der Waals surface area contributed by atoms with Crippen LogP contribution in [0.4, 0.5) is 0 Å². The molecule has 1 aliphatic heterocycles. The lowest BCUT2D eigenvalue weighted by Gasteiger charge is -2.23. The van der Waals surface area contributed by atoms with Gasteiger partial charge in [-0.05, 0) is 55.8 Å². The fraction of sp³-hybridized carbons (Fsp3) is 0.647. The van der Waals surface area contributed by atoms with E-state index < -0.39 is 0 Å². The zero-order valence-corrected chi connectivity index (χ0v) is 12.5. The Balaban J connectivity index is 1.89. The molecule has 1 fully saturated rings. The van der Waals surface area contributed by atoms with E-state index in [1.807, 2.05) is 0 Å². The van der Waals surface area contributed by atoms with E-state index in [2.05, 4.69) is 44.3 Å². The van der Waals surface area contributed by atoms with Crippen LogP contribution in [0, 0.1) is 6.92 Å². The van der Waals surface area contributed by atoms with E-state index in [1.165, 1.54) is 36.9 Å².